The van der Waals surface area contributed by atoms with Gasteiger partial charge in [0.1, 0.15) is 5.75 Å². The maximum atomic E-state index is 12.1. The third-order valence-corrected chi connectivity index (χ3v) is 4.01. The van der Waals surface area contributed by atoms with E-state index in [1.807, 2.05) is 42.5 Å². The lowest BCUT2D eigenvalue weighted by Gasteiger charge is -2.07. The third kappa shape index (κ3) is 4.66. The van der Waals surface area contributed by atoms with Crippen LogP contribution in [0.2, 0.25) is 0 Å². The Balaban J connectivity index is 1.50. The molecule has 0 saturated carbocycles. The minimum Gasteiger partial charge on any atom is -0.497 e. The van der Waals surface area contributed by atoms with Gasteiger partial charge in [0.2, 0.25) is 5.91 Å². The Labute approximate surface area is 152 Å². The van der Waals surface area contributed by atoms with E-state index < -0.39 is 0 Å². The average Bonchev–Trinajstić information content (AvgIpc) is 3.16. The van der Waals surface area contributed by atoms with E-state index in [4.69, 9.17) is 4.74 Å². The highest BCUT2D eigenvalue weighted by atomic mass is 16.5. The van der Waals surface area contributed by atoms with E-state index in [0.717, 1.165) is 24.3 Å². The number of aryl methyl sites for hydroxylation is 1. The highest BCUT2D eigenvalue weighted by Crippen LogP contribution is 2.14. The molecule has 0 atom stereocenters. The summed E-state index contributed by atoms with van der Waals surface area (Å²) in [6.07, 6.45) is 2.16. The van der Waals surface area contributed by atoms with Crippen molar-refractivity contribution in [1.82, 2.24) is 25.5 Å². The molecule has 1 amide bonds. The van der Waals surface area contributed by atoms with Crippen LogP contribution in [0, 0.1) is 0 Å². The van der Waals surface area contributed by atoms with Crippen LogP contribution in [0.1, 0.15) is 24.2 Å². The van der Waals surface area contributed by atoms with Crippen molar-refractivity contribution in [3.05, 3.63) is 66.0 Å². The number of benzene rings is 2. The fourth-order valence-electron chi connectivity index (χ4n) is 2.60. The number of nitrogens with zero attached hydrogens (tertiary/aromatic N) is 4. The van der Waals surface area contributed by atoms with Crippen molar-refractivity contribution in [1.29, 1.82) is 0 Å². The van der Waals surface area contributed by atoms with Crippen LogP contribution in [0.3, 0.4) is 0 Å². The zero-order valence-electron chi connectivity index (χ0n) is 14.6. The molecule has 3 aromatic rings. The van der Waals surface area contributed by atoms with Crippen molar-refractivity contribution in [2.75, 3.05) is 7.11 Å². The lowest BCUT2D eigenvalue weighted by Crippen LogP contribution is -2.24. The Kier molecular flexibility index (Phi) is 5.92. The summed E-state index contributed by atoms with van der Waals surface area (Å²) in [7, 11) is 1.62. The summed E-state index contributed by atoms with van der Waals surface area (Å²) in [5.74, 6) is 1.33. The van der Waals surface area contributed by atoms with Crippen LogP contribution in [-0.2, 0) is 17.8 Å². The van der Waals surface area contributed by atoms with Gasteiger partial charge in [-0.15, -0.1) is 5.10 Å². The first-order chi connectivity index (χ1) is 12.8. The highest BCUT2D eigenvalue weighted by Gasteiger charge is 2.10. The lowest BCUT2D eigenvalue weighted by molar-refractivity contribution is -0.121. The molecule has 7 nitrogen and oxygen atoms in total. The molecule has 1 aromatic heterocycles. The summed E-state index contributed by atoms with van der Waals surface area (Å²) >= 11 is 0. The maximum absolute atomic E-state index is 12.1. The number of amides is 1. The molecular formula is C19H21N5O2. The Hall–Kier alpha value is -3.22. The van der Waals surface area contributed by atoms with E-state index in [0.29, 0.717) is 12.2 Å². The molecule has 0 aliphatic rings. The SMILES string of the molecule is COc1ccc(-n2nnnc2CNC(=O)CCCc2ccccc2)cc1. The number of nitrogens with one attached hydrogen (secondary N) is 1. The average molecular weight is 351 g/mol. The third-order valence-electron chi connectivity index (χ3n) is 4.01. The van der Waals surface area contributed by atoms with Gasteiger partial charge in [-0.2, -0.15) is 4.68 Å². The Morgan fingerprint density at radius 3 is 2.62 bits per heavy atom. The van der Waals surface area contributed by atoms with E-state index in [9.17, 15) is 4.79 Å². The second-order valence-corrected chi connectivity index (χ2v) is 5.82. The fourth-order valence-corrected chi connectivity index (χ4v) is 2.60. The van der Waals surface area contributed by atoms with Gasteiger partial charge in [-0.1, -0.05) is 30.3 Å². The molecule has 0 saturated heterocycles. The molecule has 26 heavy (non-hydrogen) atoms. The molecule has 134 valence electrons. The van der Waals surface area contributed by atoms with Crippen LogP contribution < -0.4 is 10.1 Å². The number of hydrogen-bond acceptors (Lipinski definition) is 5. The smallest absolute Gasteiger partial charge is 0.220 e. The van der Waals surface area contributed by atoms with Gasteiger partial charge in [0.05, 0.1) is 19.3 Å². The summed E-state index contributed by atoms with van der Waals surface area (Å²) in [4.78, 5) is 12.1. The second kappa shape index (κ2) is 8.75. The van der Waals surface area contributed by atoms with E-state index in [2.05, 4.69) is 33.0 Å². The normalized spacial score (nSPS) is 10.5. The summed E-state index contributed by atoms with van der Waals surface area (Å²) in [6, 6.07) is 17.5. The van der Waals surface area contributed by atoms with Gasteiger partial charge in [-0.05, 0) is 53.1 Å². The molecule has 0 radical (unpaired) electrons. The van der Waals surface area contributed by atoms with Crippen molar-refractivity contribution in [2.24, 2.45) is 0 Å². The van der Waals surface area contributed by atoms with Crippen molar-refractivity contribution in [3.8, 4) is 11.4 Å². The van der Waals surface area contributed by atoms with E-state index in [-0.39, 0.29) is 12.5 Å². The minimum atomic E-state index is -0.00906. The molecule has 1 N–H and O–H groups in total. The van der Waals surface area contributed by atoms with Gasteiger partial charge in [0.25, 0.3) is 0 Å². The molecule has 7 heteroatoms. The van der Waals surface area contributed by atoms with Crippen molar-refractivity contribution in [2.45, 2.75) is 25.8 Å². The number of aromatic nitrogens is 4. The molecular weight excluding hydrogens is 330 g/mol. The van der Waals surface area contributed by atoms with Crippen molar-refractivity contribution in [3.63, 3.8) is 0 Å². The first-order valence-electron chi connectivity index (χ1n) is 8.48. The minimum absolute atomic E-state index is 0.00906. The van der Waals surface area contributed by atoms with Crippen LogP contribution in [0.4, 0.5) is 0 Å². The summed E-state index contributed by atoms with van der Waals surface area (Å²) in [6.45, 7) is 0.281. The van der Waals surface area contributed by atoms with Gasteiger partial charge in [-0.25, -0.2) is 0 Å². The van der Waals surface area contributed by atoms with Gasteiger partial charge >= 0.3 is 0 Å². The van der Waals surface area contributed by atoms with Crippen LogP contribution in [0.5, 0.6) is 5.75 Å². The number of tetrazole rings is 1. The van der Waals surface area contributed by atoms with Crippen LogP contribution >= 0.6 is 0 Å². The molecule has 0 fully saturated rings. The number of hydrogen-bond donors (Lipinski definition) is 1. The molecule has 2 aromatic carbocycles. The number of carbonyl (C=O) groups excluding carboxylic acids is 1. The van der Waals surface area contributed by atoms with Crippen LogP contribution in [-0.4, -0.2) is 33.2 Å². The van der Waals surface area contributed by atoms with E-state index in [1.54, 1.807) is 11.8 Å². The molecule has 0 aliphatic heterocycles. The molecule has 0 aliphatic carbocycles. The maximum Gasteiger partial charge on any atom is 0.220 e. The van der Waals surface area contributed by atoms with Crippen molar-refractivity contribution < 1.29 is 9.53 Å². The molecule has 0 unspecified atom stereocenters. The highest BCUT2D eigenvalue weighted by molar-refractivity contribution is 5.75. The second-order valence-electron chi connectivity index (χ2n) is 5.82. The fraction of sp³-hybridized carbons (Fsp3) is 0.263. The molecule has 1 heterocycles. The summed E-state index contributed by atoms with van der Waals surface area (Å²) in [5, 5.41) is 14.6. The number of carbonyl (C=O) groups is 1. The zero-order valence-corrected chi connectivity index (χ0v) is 14.6. The first-order valence-corrected chi connectivity index (χ1v) is 8.48. The standard InChI is InChI=1S/C19H21N5O2/c1-26-17-12-10-16(11-13-17)24-18(21-22-23-24)14-20-19(25)9-5-8-15-6-3-2-4-7-15/h2-4,6-7,10-13H,5,8-9,14H2,1H3,(H,20,25). The summed E-state index contributed by atoms with van der Waals surface area (Å²) in [5.41, 5.74) is 2.05. The Bertz CT molecular complexity index is 831. The van der Waals surface area contributed by atoms with Gasteiger partial charge in [-0.3, -0.25) is 4.79 Å². The molecule has 0 spiro atoms. The first kappa shape index (κ1) is 17.6. The zero-order chi connectivity index (χ0) is 18.2. The van der Waals surface area contributed by atoms with Gasteiger partial charge in [0, 0.05) is 6.42 Å². The number of methoxy groups -OCH3 is 1. The summed E-state index contributed by atoms with van der Waals surface area (Å²) < 4.78 is 6.75. The Morgan fingerprint density at radius 2 is 1.88 bits per heavy atom. The van der Waals surface area contributed by atoms with E-state index in [1.165, 1.54) is 5.56 Å². The topological polar surface area (TPSA) is 81.9 Å². The van der Waals surface area contributed by atoms with E-state index >= 15 is 0 Å². The van der Waals surface area contributed by atoms with Gasteiger partial charge in [0.15, 0.2) is 5.82 Å². The molecule has 3 rings (SSSR count). The van der Waals surface area contributed by atoms with Crippen molar-refractivity contribution >= 4 is 5.91 Å². The Morgan fingerprint density at radius 1 is 1.12 bits per heavy atom. The lowest BCUT2D eigenvalue weighted by atomic mass is 10.1. The number of ether oxygens (including phenoxy) is 1. The van der Waals surface area contributed by atoms with Crippen LogP contribution in [0.25, 0.3) is 5.69 Å². The number of rotatable bonds is 8. The quantitative estimate of drug-likeness (QED) is 0.673. The van der Waals surface area contributed by atoms with Gasteiger partial charge < -0.3 is 10.1 Å². The predicted molar refractivity (Wildman–Crippen MR) is 96.9 cm³/mol. The predicted octanol–water partition coefficient (Wildman–Crippen LogP) is 2.31. The van der Waals surface area contributed by atoms with Crippen LogP contribution in [0.15, 0.2) is 54.6 Å². The monoisotopic (exact) mass is 351 g/mol. The molecule has 0 bridgehead atoms. The largest absolute Gasteiger partial charge is 0.497 e.